The zero-order chi connectivity index (χ0) is 28.2. The molecule has 0 spiro atoms. The van der Waals surface area contributed by atoms with Gasteiger partial charge in [0.25, 0.3) is 5.91 Å². The molecule has 3 N–H and O–H groups in total. The van der Waals surface area contributed by atoms with Crippen LogP contribution in [0.15, 0.2) is 60.7 Å². The summed E-state index contributed by atoms with van der Waals surface area (Å²) in [4.78, 5) is 43.2. The first-order valence-electron chi connectivity index (χ1n) is 13.3. The molecule has 3 atom stereocenters. The number of likely N-dealkylation sites (tertiary alicyclic amines) is 1. The van der Waals surface area contributed by atoms with Gasteiger partial charge < -0.3 is 29.7 Å². The maximum Gasteiger partial charge on any atom is 0.476 e. The minimum absolute atomic E-state index is 0.00184. The van der Waals surface area contributed by atoms with Crippen molar-refractivity contribution in [1.29, 1.82) is 0 Å². The van der Waals surface area contributed by atoms with Gasteiger partial charge in [0.15, 0.2) is 0 Å². The average Bonchev–Trinajstić information content (AvgIpc) is 3.37. The molecule has 1 saturated heterocycles. The van der Waals surface area contributed by atoms with Crippen molar-refractivity contribution in [2.45, 2.75) is 63.7 Å². The fourth-order valence-corrected chi connectivity index (χ4v) is 4.73. The zero-order valence-electron chi connectivity index (χ0n) is 22.6. The highest BCUT2D eigenvalue weighted by molar-refractivity contribution is 6.44. The van der Waals surface area contributed by atoms with Crippen LogP contribution in [-0.2, 0) is 27.3 Å². The van der Waals surface area contributed by atoms with Gasteiger partial charge in [-0.15, -0.1) is 0 Å². The molecule has 3 rings (SSSR count). The summed E-state index contributed by atoms with van der Waals surface area (Å²) < 4.78 is 10.5. The van der Waals surface area contributed by atoms with Crippen LogP contribution in [0.5, 0.6) is 0 Å². The van der Waals surface area contributed by atoms with Crippen molar-refractivity contribution >= 4 is 25.1 Å². The second-order valence-corrected chi connectivity index (χ2v) is 9.74. The number of ether oxygens (including phenoxy) is 2. The number of hydrogen-bond acceptors (Lipinski definition) is 7. The van der Waals surface area contributed by atoms with Crippen LogP contribution in [0, 0.1) is 0 Å². The van der Waals surface area contributed by atoms with Crippen LogP contribution in [-0.4, -0.2) is 83.3 Å². The third-order valence-corrected chi connectivity index (χ3v) is 6.85. The number of nitrogens with zero attached hydrogens (tertiary/aromatic N) is 2. The van der Waals surface area contributed by atoms with Crippen LogP contribution in [0.3, 0.4) is 0 Å². The fraction of sp³-hybridized carbons (Fsp3) is 0.464. The predicted molar refractivity (Wildman–Crippen MR) is 146 cm³/mol. The molecule has 1 fully saturated rings. The number of carbonyl (C=O) groups is 3. The molecule has 4 amide bonds. The van der Waals surface area contributed by atoms with Gasteiger partial charge in [0.05, 0.1) is 5.94 Å². The predicted octanol–water partition coefficient (Wildman–Crippen LogP) is 2.76. The molecule has 1 aliphatic rings. The minimum Gasteiger partial charge on any atom is -0.445 e. The molecule has 210 valence electrons. The monoisotopic (exact) mass is 539 g/mol. The van der Waals surface area contributed by atoms with Crippen LogP contribution in [0.1, 0.15) is 43.7 Å². The van der Waals surface area contributed by atoms with E-state index < -0.39 is 37.1 Å². The molecule has 1 heterocycles. The molecular weight excluding hydrogens is 501 g/mol. The molecule has 2 aromatic carbocycles. The van der Waals surface area contributed by atoms with E-state index >= 15 is 0 Å². The van der Waals surface area contributed by atoms with Gasteiger partial charge in [-0.1, -0.05) is 60.7 Å². The number of rotatable bonds is 12. The van der Waals surface area contributed by atoms with Crippen molar-refractivity contribution < 1.29 is 33.9 Å². The lowest BCUT2D eigenvalue weighted by molar-refractivity contribution is -0.132. The van der Waals surface area contributed by atoms with Crippen molar-refractivity contribution in [3.63, 3.8) is 0 Å². The lowest BCUT2D eigenvalue weighted by Gasteiger charge is -2.36. The molecule has 11 heteroatoms. The normalized spacial score (nSPS) is 16.3. The van der Waals surface area contributed by atoms with Crippen molar-refractivity contribution in [2.75, 3.05) is 20.3 Å². The highest BCUT2D eigenvalue weighted by atomic mass is 16.5. The molecule has 1 aliphatic heterocycles. The summed E-state index contributed by atoms with van der Waals surface area (Å²) in [6.07, 6.45) is 1.31. The third-order valence-electron chi connectivity index (χ3n) is 6.85. The molecule has 0 radical (unpaired) electrons. The number of alkyl carbamates (subject to hydrolysis) is 1. The topological polar surface area (TPSA) is 129 Å². The maximum atomic E-state index is 14.1. The quantitative estimate of drug-likeness (QED) is 0.280. The number of methoxy groups -OCH3 is 1. The van der Waals surface area contributed by atoms with E-state index in [-0.39, 0.29) is 25.5 Å². The number of carbonyl (C=O) groups excluding carboxylic acids is 3. The Kier molecular flexibility index (Phi) is 11.8. The van der Waals surface area contributed by atoms with Gasteiger partial charge in [-0.05, 0) is 43.7 Å². The molecule has 0 aliphatic carbocycles. The summed E-state index contributed by atoms with van der Waals surface area (Å²) in [6, 6.07) is 16.3. The molecule has 0 aromatic heterocycles. The largest absolute Gasteiger partial charge is 0.476 e. The van der Waals surface area contributed by atoms with Crippen LogP contribution < -0.4 is 5.32 Å². The highest BCUT2D eigenvalue weighted by Crippen LogP contribution is 2.23. The van der Waals surface area contributed by atoms with E-state index in [9.17, 15) is 24.4 Å². The average molecular weight is 539 g/mol. The fourth-order valence-electron chi connectivity index (χ4n) is 4.73. The second kappa shape index (κ2) is 15.3. The zero-order valence-corrected chi connectivity index (χ0v) is 22.6. The Morgan fingerprint density at radius 1 is 1.08 bits per heavy atom. The Hall–Kier alpha value is -3.41. The van der Waals surface area contributed by atoms with Gasteiger partial charge in [0.2, 0.25) is 0 Å². The molecule has 0 unspecified atom stereocenters. The Balaban J connectivity index is 1.89. The Labute approximate surface area is 230 Å². The maximum absolute atomic E-state index is 14.1. The summed E-state index contributed by atoms with van der Waals surface area (Å²) >= 11 is 0. The Morgan fingerprint density at radius 2 is 1.72 bits per heavy atom. The Morgan fingerprint density at radius 3 is 2.28 bits per heavy atom. The smallest absolute Gasteiger partial charge is 0.445 e. The van der Waals surface area contributed by atoms with Gasteiger partial charge in [-0.3, -0.25) is 9.69 Å². The summed E-state index contributed by atoms with van der Waals surface area (Å²) in [5.74, 6) is -1.97. The number of urea groups is 1. The number of benzene rings is 2. The minimum atomic E-state index is -1.98. The van der Waals surface area contributed by atoms with Gasteiger partial charge in [0, 0.05) is 32.7 Å². The highest BCUT2D eigenvalue weighted by Gasteiger charge is 2.43. The summed E-state index contributed by atoms with van der Waals surface area (Å²) in [6.45, 7) is 2.66. The van der Waals surface area contributed by atoms with Crippen molar-refractivity contribution in [3.8, 4) is 0 Å². The molecule has 10 nitrogen and oxygen atoms in total. The summed E-state index contributed by atoms with van der Waals surface area (Å²) in [7, 11) is -0.458. The second-order valence-electron chi connectivity index (χ2n) is 9.74. The lowest BCUT2D eigenvalue weighted by atomic mass is 9.75. The van der Waals surface area contributed by atoms with E-state index in [1.54, 1.807) is 4.90 Å². The van der Waals surface area contributed by atoms with Gasteiger partial charge in [-0.25, -0.2) is 9.59 Å². The van der Waals surface area contributed by atoms with Crippen molar-refractivity contribution in [2.24, 2.45) is 0 Å². The number of hydrogen-bond donors (Lipinski definition) is 3. The van der Waals surface area contributed by atoms with E-state index in [0.29, 0.717) is 19.6 Å². The van der Waals surface area contributed by atoms with Crippen molar-refractivity contribution in [3.05, 3.63) is 71.8 Å². The molecule has 0 saturated carbocycles. The first kappa shape index (κ1) is 30.1. The molecule has 39 heavy (non-hydrogen) atoms. The van der Waals surface area contributed by atoms with Crippen LogP contribution in [0.4, 0.5) is 9.59 Å². The summed E-state index contributed by atoms with van der Waals surface area (Å²) in [5.41, 5.74) is 1.53. The number of amides is 4. The molecule has 2 aromatic rings. The standard InChI is InChI=1S/C28H38BN3O7/c1-21-11-9-17-31(21)28(35)32(25(29(36)37)16-10-18-38-2)26(33)24(19-22-12-5-3-6-13-22)30-27(34)39-20-23-14-7-4-8-15-23/h3-8,12-15,21,24-25,36-37H,9-11,16-20H2,1-2H3,(H,30,34)/t21-,24-,25+/m1/s1. The van der Waals surface area contributed by atoms with E-state index in [1.807, 2.05) is 67.6 Å². The molecular formula is C28H38BN3O7. The van der Waals surface area contributed by atoms with Crippen molar-refractivity contribution in [1.82, 2.24) is 15.1 Å². The van der Waals surface area contributed by atoms with E-state index in [2.05, 4.69) is 5.32 Å². The molecule has 0 bridgehead atoms. The van der Waals surface area contributed by atoms with Crippen LogP contribution >= 0.6 is 0 Å². The summed E-state index contributed by atoms with van der Waals surface area (Å²) in [5, 5.41) is 23.2. The van der Waals surface area contributed by atoms with E-state index in [1.165, 1.54) is 7.11 Å². The van der Waals surface area contributed by atoms with Gasteiger partial charge in [0.1, 0.15) is 12.6 Å². The number of nitrogens with one attached hydrogen (secondary N) is 1. The number of imide groups is 1. The SMILES string of the molecule is COCCC[C@@H](B(O)O)N(C(=O)[C@@H](Cc1ccccc1)NC(=O)OCc1ccccc1)C(=O)N1CCC[C@H]1C. The third kappa shape index (κ3) is 8.81. The lowest BCUT2D eigenvalue weighted by Crippen LogP contribution is -2.61. The first-order valence-corrected chi connectivity index (χ1v) is 13.3. The van der Waals surface area contributed by atoms with E-state index in [4.69, 9.17) is 9.47 Å². The first-order chi connectivity index (χ1) is 18.8. The van der Waals surface area contributed by atoms with Gasteiger partial charge in [-0.2, -0.15) is 0 Å². The Bertz CT molecular complexity index is 1060. The van der Waals surface area contributed by atoms with Crippen LogP contribution in [0.25, 0.3) is 0 Å². The van der Waals surface area contributed by atoms with Crippen LogP contribution in [0.2, 0.25) is 0 Å². The van der Waals surface area contributed by atoms with Gasteiger partial charge >= 0.3 is 19.2 Å². The van der Waals surface area contributed by atoms with E-state index in [0.717, 1.165) is 28.9 Å².